The zero-order chi connectivity index (χ0) is 22.0. The van der Waals surface area contributed by atoms with Gasteiger partial charge in [0.25, 0.3) is 0 Å². The summed E-state index contributed by atoms with van der Waals surface area (Å²) in [6, 6.07) is 9.58. The molecule has 0 saturated carbocycles. The second-order valence-electron chi connectivity index (χ2n) is 7.96. The normalized spacial score (nSPS) is 12.0. The van der Waals surface area contributed by atoms with Crippen LogP contribution in [0.4, 0.5) is 11.5 Å². The van der Waals surface area contributed by atoms with Crippen LogP contribution in [0.25, 0.3) is 22.9 Å². The van der Waals surface area contributed by atoms with E-state index >= 15 is 0 Å². The van der Waals surface area contributed by atoms with E-state index in [2.05, 4.69) is 36.4 Å². The SMILES string of the molecule is CC(C)(C)C(=O)c1c[nH]c2ncc(Nc3ccc(C=C(C#N)n4cncn4)cc3)nc12. The van der Waals surface area contributed by atoms with E-state index in [1.807, 2.05) is 45.0 Å². The molecular weight excluding hydrogens is 392 g/mol. The number of hydrogen-bond acceptors (Lipinski definition) is 7. The minimum atomic E-state index is -0.516. The van der Waals surface area contributed by atoms with Gasteiger partial charge in [-0.25, -0.2) is 19.6 Å². The van der Waals surface area contributed by atoms with Gasteiger partial charge in [-0.1, -0.05) is 32.9 Å². The Balaban J connectivity index is 1.57. The zero-order valence-electron chi connectivity index (χ0n) is 17.3. The molecule has 0 fully saturated rings. The monoisotopic (exact) mass is 412 g/mol. The van der Waals surface area contributed by atoms with Crippen LogP contribution >= 0.6 is 0 Å². The van der Waals surface area contributed by atoms with Gasteiger partial charge < -0.3 is 10.3 Å². The van der Waals surface area contributed by atoms with Crippen molar-refractivity contribution >= 4 is 40.2 Å². The molecule has 0 aliphatic rings. The summed E-state index contributed by atoms with van der Waals surface area (Å²) in [6.45, 7) is 5.63. The second kappa shape index (κ2) is 7.84. The predicted octanol–water partition coefficient (Wildman–Crippen LogP) is 4.04. The first-order chi connectivity index (χ1) is 14.8. The second-order valence-corrected chi connectivity index (χ2v) is 7.96. The number of allylic oxidation sites excluding steroid dienone is 1. The number of nitrogens with zero attached hydrogens (tertiary/aromatic N) is 6. The number of fused-ring (bicyclic) bond motifs is 1. The maximum absolute atomic E-state index is 12.7. The number of ketones is 1. The van der Waals surface area contributed by atoms with Crippen molar-refractivity contribution in [1.82, 2.24) is 29.7 Å². The first-order valence-electron chi connectivity index (χ1n) is 9.58. The van der Waals surface area contributed by atoms with Crippen molar-refractivity contribution in [2.75, 3.05) is 5.32 Å². The molecule has 4 rings (SSSR count). The minimum Gasteiger partial charge on any atom is -0.344 e. The Morgan fingerprint density at radius 1 is 1.26 bits per heavy atom. The van der Waals surface area contributed by atoms with E-state index < -0.39 is 5.41 Å². The molecule has 0 spiro atoms. The van der Waals surface area contributed by atoms with Gasteiger partial charge in [0.1, 0.15) is 35.8 Å². The predicted molar refractivity (Wildman–Crippen MR) is 117 cm³/mol. The van der Waals surface area contributed by atoms with Gasteiger partial charge in [-0.15, -0.1) is 0 Å². The van der Waals surface area contributed by atoms with Crippen LogP contribution in [0, 0.1) is 16.7 Å². The third-order valence-corrected chi connectivity index (χ3v) is 4.57. The highest BCUT2D eigenvalue weighted by Crippen LogP contribution is 2.26. The van der Waals surface area contributed by atoms with E-state index in [1.54, 1.807) is 18.5 Å². The highest BCUT2D eigenvalue weighted by molar-refractivity contribution is 6.08. The Morgan fingerprint density at radius 2 is 2.03 bits per heavy atom. The molecule has 0 bridgehead atoms. The average Bonchev–Trinajstić information content (AvgIpc) is 3.42. The maximum Gasteiger partial charge on any atom is 0.171 e. The molecular formula is C22H20N8O. The van der Waals surface area contributed by atoms with Gasteiger partial charge in [-0.2, -0.15) is 10.4 Å². The summed E-state index contributed by atoms with van der Waals surface area (Å²) >= 11 is 0. The van der Waals surface area contributed by atoms with E-state index in [1.165, 1.54) is 17.3 Å². The number of nitriles is 1. The van der Waals surface area contributed by atoms with Crippen molar-refractivity contribution in [2.45, 2.75) is 20.8 Å². The van der Waals surface area contributed by atoms with Gasteiger partial charge in [0.2, 0.25) is 0 Å². The summed E-state index contributed by atoms with van der Waals surface area (Å²) in [5.41, 5.74) is 3.10. The third kappa shape index (κ3) is 4.18. The van der Waals surface area contributed by atoms with Crippen molar-refractivity contribution in [3.8, 4) is 6.07 Å². The molecule has 0 radical (unpaired) electrons. The highest BCUT2D eigenvalue weighted by atomic mass is 16.1. The van der Waals surface area contributed by atoms with E-state index in [0.29, 0.717) is 28.2 Å². The van der Waals surface area contributed by atoms with E-state index in [9.17, 15) is 10.1 Å². The molecule has 154 valence electrons. The number of hydrogen-bond donors (Lipinski definition) is 2. The number of Topliss-reactive ketones (excluding diaryl/α,β-unsaturated/α-hetero) is 1. The molecule has 0 saturated heterocycles. The Labute approximate surface area is 178 Å². The Hall–Kier alpha value is -4.32. The van der Waals surface area contributed by atoms with Crippen molar-refractivity contribution in [1.29, 1.82) is 5.26 Å². The fraction of sp³-hybridized carbons (Fsp3) is 0.182. The van der Waals surface area contributed by atoms with Crippen LogP contribution in [-0.2, 0) is 0 Å². The molecule has 3 aromatic heterocycles. The molecule has 0 amide bonds. The molecule has 0 unspecified atom stereocenters. The summed E-state index contributed by atoms with van der Waals surface area (Å²) in [4.78, 5) is 28.5. The van der Waals surface area contributed by atoms with Crippen molar-refractivity contribution in [3.63, 3.8) is 0 Å². The van der Waals surface area contributed by atoms with Crippen molar-refractivity contribution < 1.29 is 4.79 Å². The van der Waals surface area contributed by atoms with Gasteiger partial charge in [-0.05, 0) is 23.8 Å². The Morgan fingerprint density at radius 3 is 2.68 bits per heavy atom. The van der Waals surface area contributed by atoms with Crippen molar-refractivity contribution in [3.05, 3.63) is 60.4 Å². The van der Waals surface area contributed by atoms with Crippen LogP contribution < -0.4 is 5.32 Å². The lowest BCUT2D eigenvalue weighted by molar-refractivity contribution is 0.0860. The van der Waals surface area contributed by atoms with E-state index in [-0.39, 0.29) is 5.78 Å². The third-order valence-electron chi connectivity index (χ3n) is 4.57. The molecule has 0 aliphatic heterocycles. The summed E-state index contributed by atoms with van der Waals surface area (Å²) in [5, 5.41) is 16.5. The molecule has 9 nitrogen and oxygen atoms in total. The lowest BCUT2D eigenvalue weighted by Gasteiger charge is -2.15. The Bertz CT molecular complexity index is 1300. The average molecular weight is 412 g/mol. The number of anilines is 2. The van der Waals surface area contributed by atoms with Gasteiger partial charge in [-0.3, -0.25) is 4.79 Å². The number of nitrogens with one attached hydrogen (secondary N) is 2. The summed E-state index contributed by atoms with van der Waals surface area (Å²) in [5.74, 6) is 0.528. The maximum atomic E-state index is 12.7. The van der Waals surface area contributed by atoms with Crippen LogP contribution in [-0.4, -0.2) is 35.5 Å². The quantitative estimate of drug-likeness (QED) is 0.374. The van der Waals surface area contributed by atoms with Crippen LogP contribution in [0.2, 0.25) is 0 Å². The number of benzene rings is 1. The van der Waals surface area contributed by atoms with Crippen LogP contribution in [0.1, 0.15) is 36.7 Å². The molecule has 3 heterocycles. The fourth-order valence-corrected chi connectivity index (χ4v) is 2.98. The fourth-order valence-electron chi connectivity index (χ4n) is 2.98. The lowest BCUT2D eigenvalue weighted by atomic mass is 9.87. The number of carbonyl (C=O) groups excluding carboxylic acids is 1. The topological polar surface area (TPSA) is 125 Å². The smallest absolute Gasteiger partial charge is 0.171 e. The standard InChI is InChI=1S/C22H20N8O/c1-22(2,3)20(31)17-10-25-21-19(17)29-18(11-26-21)28-15-6-4-14(5-7-15)8-16(9-23)30-13-24-12-27-30/h4-8,10-13H,1-3H3,(H,25,26)(H,28,29). The first-order valence-corrected chi connectivity index (χ1v) is 9.58. The van der Waals surface area contributed by atoms with Crippen molar-refractivity contribution in [2.24, 2.45) is 5.41 Å². The summed E-state index contributed by atoms with van der Waals surface area (Å²) in [7, 11) is 0. The zero-order valence-corrected chi connectivity index (χ0v) is 17.3. The molecule has 0 aliphatic carbocycles. The van der Waals surface area contributed by atoms with Gasteiger partial charge in [0.15, 0.2) is 11.4 Å². The molecule has 1 aromatic carbocycles. The Kier molecular flexibility index (Phi) is 5.05. The molecule has 31 heavy (non-hydrogen) atoms. The van der Waals surface area contributed by atoms with E-state index in [0.717, 1.165) is 11.3 Å². The summed E-state index contributed by atoms with van der Waals surface area (Å²) in [6.07, 6.45) is 7.83. The number of rotatable bonds is 5. The number of H-pyrrole nitrogens is 1. The molecule has 9 heteroatoms. The lowest BCUT2D eigenvalue weighted by Crippen LogP contribution is -2.20. The van der Waals surface area contributed by atoms with Gasteiger partial charge >= 0.3 is 0 Å². The molecule has 2 N–H and O–H groups in total. The highest BCUT2D eigenvalue weighted by Gasteiger charge is 2.26. The van der Waals surface area contributed by atoms with Crippen LogP contribution in [0.15, 0.2) is 49.3 Å². The number of carbonyl (C=O) groups is 1. The largest absolute Gasteiger partial charge is 0.344 e. The van der Waals surface area contributed by atoms with E-state index in [4.69, 9.17) is 0 Å². The molecule has 4 aromatic rings. The van der Waals surface area contributed by atoms with Crippen LogP contribution in [0.5, 0.6) is 0 Å². The van der Waals surface area contributed by atoms with Gasteiger partial charge in [0, 0.05) is 17.3 Å². The number of aromatic amines is 1. The first kappa shape index (κ1) is 20.0. The number of aromatic nitrogens is 6. The summed E-state index contributed by atoms with van der Waals surface area (Å²) < 4.78 is 1.41. The minimum absolute atomic E-state index is 0.00187. The van der Waals surface area contributed by atoms with Crippen LogP contribution in [0.3, 0.4) is 0 Å². The van der Waals surface area contributed by atoms with Gasteiger partial charge in [0.05, 0.1) is 11.8 Å². The molecule has 0 atom stereocenters.